The highest BCUT2D eigenvalue weighted by molar-refractivity contribution is 5.96. The predicted octanol–water partition coefficient (Wildman–Crippen LogP) is -4.22. The highest BCUT2D eigenvalue weighted by Crippen LogP contribution is 2.05. The summed E-state index contributed by atoms with van der Waals surface area (Å²) in [6.07, 6.45) is -0.121. The van der Waals surface area contributed by atoms with Crippen molar-refractivity contribution >= 4 is 41.5 Å². The molecule has 0 rings (SSSR count). The van der Waals surface area contributed by atoms with Gasteiger partial charge in [0, 0.05) is 13.0 Å². The van der Waals surface area contributed by atoms with Crippen molar-refractivity contribution < 1.29 is 39.0 Å². The second kappa shape index (κ2) is 18.3. The first kappa shape index (κ1) is 34.0. The van der Waals surface area contributed by atoms with Crippen LogP contribution in [0.5, 0.6) is 0 Å². The van der Waals surface area contributed by atoms with Crippen LogP contribution in [0.2, 0.25) is 0 Å². The second-order valence-corrected chi connectivity index (χ2v) is 8.46. The van der Waals surface area contributed by atoms with E-state index < -0.39 is 72.6 Å². The zero-order chi connectivity index (χ0) is 29.3. The third-order valence-corrected chi connectivity index (χ3v) is 5.18. The highest BCUT2D eigenvalue weighted by atomic mass is 16.4. The minimum atomic E-state index is -1.59. The molecule has 0 aliphatic carbocycles. The number of unbranched alkanes of at least 4 members (excludes halogenated alkanes) is 1. The number of rotatable bonds is 20. The van der Waals surface area contributed by atoms with Gasteiger partial charge in [-0.3, -0.25) is 29.0 Å². The first-order valence-electron chi connectivity index (χ1n) is 11.9. The maximum atomic E-state index is 12.9. The van der Waals surface area contributed by atoms with E-state index in [0.29, 0.717) is 25.8 Å². The van der Waals surface area contributed by atoms with E-state index in [1.54, 1.807) is 0 Å². The van der Waals surface area contributed by atoms with Gasteiger partial charge in [-0.05, 0) is 45.1 Å². The summed E-state index contributed by atoms with van der Waals surface area (Å²) in [6, 6.07) is -5.43. The molecule has 0 saturated carbocycles. The molecule has 0 aromatic heterocycles. The van der Waals surface area contributed by atoms with Gasteiger partial charge in [-0.1, -0.05) is 0 Å². The summed E-state index contributed by atoms with van der Waals surface area (Å²) in [6.45, 7) is 0.531. The third kappa shape index (κ3) is 15.2. The predicted molar refractivity (Wildman–Crippen MR) is 135 cm³/mol. The average Bonchev–Trinajstić information content (AvgIpc) is 2.82. The molecule has 4 amide bonds. The van der Waals surface area contributed by atoms with E-state index in [2.05, 4.69) is 20.9 Å². The lowest BCUT2D eigenvalue weighted by molar-refractivity contribution is -0.142. The molecule has 216 valence electrons. The van der Waals surface area contributed by atoms with Gasteiger partial charge in [-0.15, -0.1) is 0 Å². The lowest BCUT2D eigenvalue weighted by Gasteiger charge is -2.24. The van der Waals surface area contributed by atoms with Gasteiger partial charge < -0.3 is 54.8 Å². The molecule has 0 aliphatic heterocycles. The van der Waals surface area contributed by atoms with Gasteiger partial charge in [0.25, 0.3) is 0 Å². The number of nitrogens with zero attached hydrogens (tertiary/aromatic N) is 1. The number of nitrogens with two attached hydrogens (primary N) is 5. The van der Waals surface area contributed by atoms with E-state index in [-0.39, 0.29) is 31.8 Å². The van der Waals surface area contributed by atoms with Crippen LogP contribution in [-0.4, -0.2) is 89.0 Å². The lowest BCUT2D eigenvalue weighted by atomic mass is 10.1. The second-order valence-electron chi connectivity index (χ2n) is 8.46. The molecule has 0 radical (unpaired) electrons. The molecule has 0 bridgehead atoms. The SMILES string of the molecule is NCCCCC(NC(=O)C(CC(N)=O)NC(=O)C(CCC(=O)O)NC(=O)C(N)CCCN=C(N)N)C(=O)O. The minimum Gasteiger partial charge on any atom is -0.481 e. The van der Waals surface area contributed by atoms with Crippen LogP contribution >= 0.6 is 0 Å². The Hall–Kier alpha value is -3.99. The van der Waals surface area contributed by atoms with E-state index in [1.165, 1.54) is 0 Å². The number of hydrogen-bond donors (Lipinski definition) is 10. The monoisotopic (exact) mass is 545 g/mol. The van der Waals surface area contributed by atoms with Crippen LogP contribution in [0.1, 0.15) is 51.4 Å². The quantitative estimate of drug-likeness (QED) is 0.0395. The zero-order valence-electron chi connectivity index (χ0n) is 21.1. The normalized spacial score (nSPS) is 13.7. The van der Waals surface area contributed by atoms with Gasteiger partial charge in [0.05, 0.1) is 12.5 Å². The Labute approximate surface area is 219 Å². The Kier molecular flexibility index (Phi) is 16.4. The number of amides is 4. The molecule has 0 spiro atoms. The molecule has 38 heavy (non-hydrogen) atoms. The van der Waals surface area contributed by atoms with Gasteiger partial charge >= 0.3 is 11.9 Å². The summed E-state index contributed by atoms with van der Waals surface area (Å²) in [7, 11) is 0. The third-order valence-electron chi connectivity index (χ3n) is 5.18. The van der Waals surface area contributed by atoms with Crippen molar-refractivity contribution in [2.45, 2.75) is 75.5 Å². The number of carbonyl (C=O) groups is 6. The van der Waals surface area contributed by atoms with Crippen molar-refractivity contribution in [2.24, 2.45) is 33.7 Å². The molecule has 17 nitrogen and oxygen atoms in total. The Morgan fingerprint density at radius 1 is 0.737 bits per heavy atom. The topological polar surface area (TPSA) is 321 Å². The summed E-state index contributed by atoms with van der Waals surface area (Å²) >= 11 is 0. The fourth-order valence-corrected chi connectivity index (χ4v) is 3.17. The molecule has 0 fully saturated rings. The maximum absolute atomic E-state index is 12.9. The molecule has 0 heterocycles. The van der Waals surface area contributed by atoms with Crippen molar-refractivity contribution in [3.63, 3.8) is 0 Å². The van der Waals surface area contributed by atoms with Crippen LogP contribution in [0.15, 0.2) is 4.99 Å². The summed E-state index contributed by atoms with van der Waals surface area (Å²) in [5.74, 6) is -6.47. The highest BCUT2D eigenvalue weighted by Gasteiger charge is 2.31. The van der Waals surface area contributed by atoms with Crippen molar-refractivity contribution in [2.75, 3.05) is 13.1 Å². The van der Waals surface area contributed by atoms with Crippen LogP contribution in [-0.2, 0) is 28.8 Å². The number of guanidine groups is 1. The first-order chi connectivity index (χ1) is 17.8. The number of carboxylic acid groups (broad SMARTS) is 2. The molecule has 15 N–H and O–H groups in total. The standard InChI is InChI=1S/C21H39N9O8/c22-8-2-1-5-13(20(37)38)29-19(36)14(10-15(24)31)30-18(35)12(6-7-16(32)33)28-17(34)11(23)4-3-9-27-21(25)26/h11-14H,1-10,22-23H2,(H2,24,31)(H,28,34)(H,29,36)(H,30,35)(H,32,33)(H,37,38)(H4,25,26,27). The molecule has 0 saturated heterocycles. The van der Waals surface area contributed by atoms with Crippen molar-refractivity contribution in [3.8, 4) is 0 Å². The number of nitrogens with one attached hydrogen (secondary N) is 3. The molecule has 0 aliphatic rings. The summed E-state index contributed by atoms with van der Waals surface area (Å²) in [4.78, 5) is 76.0. The summed E-state index contributed by atoms with van der Waals surface area (Å²) in [5.41, 5.74) is 26.8. The fourth-order valence-electron chi connectivity index (χ4n) is 3.17. The van der Waals surface area contributed by atoms with Crippen molar-refractivity contribution in [1.82, 2.24) is 16.0 Å². The number of aliphatic imine (C=N–C) groups is 1. The maximum Gasteiger partial charge on any atom is 0.326 e. The summed E-state index contributed by atoms with van der Waals surface area (Å²) < 4.78 is 0. The van der Waals surface area contributed by atoms with Crippen LogP contribution in [0.3, 0.4) is 0 Å². The van der Waals surface area contributed by atoms with Crippen LogP contribution in [0.4, 0.5) is 0 Å². The number of aliphatic carboxylic acids is 2. The van der Waals surface area contributed by atoms with Gasteiger partial charge in [0.2, 0.25) is 23.6 Å². The number of carboxylic acids is 2. The molecule has 4 unspecified atom stereocenters. The molecule has 17 heteroatoms. The van der Waals surface area contributed by atoms with Crippen LogP contribution in [0.25, 0.3) is 0 Å². The Balaban J connectivity index is 5.48. The molecule has 0 aromatic rings. The number of hydrogen-bond acceptors (Lipinski definition) is 9. The van der Waals surface area contributed by atoms with E-state index in [9.17, 15) is 33.9 Å². The molecule has 4 atom stereocenters. The number of primary amides is 1. The van der Waals surface area contributed by atoms with Gasteiger partial charge in [0.15, 0.2) is 5.96 Å². The fraction of sp³-hybridized carbons (Fsp3) is 0.667. The lowest BCUT2D eigenvalue weighted by Crippen LogP contribution is -2.57. The van der Waals surface area contributed by atoms with Gasteiger partial charge in [-0.25, -0.2) is 4.79 Å². The smallest absolute Gasteiger partial charge is 0.326 e. The van der Waals surface area contributed by atoms with Crippen molar-refractivity contribution in [3.05, 3.63) is 0 Å². The minimum absolute atomic E-state index is 0.0495. The van der Waals surface area contributed by atoms with E-state index in [4.69, 9.17) is 33.8 Å². The molecule has 0 aromatic carbocycles. The zero-order valence-corrected chi connectivity index (χ0v) is 21.1. The Morgan fingerprint density at radius 3 is 1.84 bits per heavy atom. The summed E-state index contributed by atoms with van der Waals surface area (Å²) in [5, 5.41) is 25.2. The average molecular weight is 546 g/mol. The van der Waals surface area contributed by atoms with Crippen LogP contribution < -0.4 is 44.6 Å². The molecular formula is C21H39N9O8. The van der Waals surface area contributed by atoms with E-state index in [1.807, 2.05) is 0 Å². The van der Waals surface area contributed by atoms with Crippen molar-refractivity contribution in [1.29, 1.82) is 0 Å². The molecular weight excluding hydrogens is 506 g/mol. The Bertz CT molecular complexity index is 864. The van der Waals surface area contributed by atoms with E-state index >= 15 is 0 Å². The Morgan fingerprint density at radius 2 is 1.32 bits per heavy atom. The van der Waals surface area contributed by atoms with Gasteiger partial charge in [-0.2, -0.15) is 0 Å². The van der Waals surface area contributed by atoms with E-state index in [0.717, 1.165) is 0 Å². The largest absolute Gasteiger partial charge is 0.481 e. The van der Waals surface area contributed by atoms with Gasteiger partial charge in [0.1, 0.15) is 18.1 Å². The first-order valence-corrected chi connectivity index (χ1v) is 11.9. The van der Waals surface area contributed by atoms with Crippen LogP contribution in [0, 0.1) is 0 Å². The number of carbonyl (C=O) groups excluding carboxylic acids is 4.